The maximum atomic E-state index is 12.1. The van der Waals surface area contributed by atoms with Crippen LogP contribution in [0.4, 0.5) is 0 Å². The first kappa shape index (κ1) is 22.8. The first-order valence-electron chi connectivity index (χ1n) is 11.5. The van der Waals surface area contributed by atoms with E-state index in [9.17, 15) is 9.90 Å². The zero-order valence-electron chi connectivity index (χ0n) is 18.9. The number of benzene rings is 2. The number of carboxylic acids is 1. The molecule has 0 spiro atoms. The van der Waals surface area contributed by atoms with Crippen molar-refractivity contribution in [3.8, 4) is 11.5 Å². The lowest BCUT2D eigenvalue weighted by molar-refractivity contribution is -0.145. The Bertz CT molecular complexity index is 1040. The molecule has 3 aromatic rings. The molecule has 1 fully saturated rings. The Morgan fingerprint density at radius 3 is 2.61 bits per heavy atom. The minimum Gasteiger partial charge on any atom is -0.490 e. The number of pyridine rings is 1. The first-order valence-corrected chi connectivity index (χ1v) is 11.5. The molecule has 0 amide bonds. The molecule has 6 nitrogen and oxygen atoms in total. The first-order chi connectivity index (χ1) is 16.2. The molecule has 0 radical (unpaired) electrons. The van der Waals surface area contributed by atoms with Crippen molar-refractivity contribution in [1.82, 2.24) is 9.88 Å². The molecule has 1 aliphatic heterocycles. The summed E-state index contributed by atoms with van der Waals surface area (Å²) < 4.78 is 12.0. The summed E-state index contributed by atoms with van der Waals surface area (Å²) in [6, 6.07) is 20.8. The molecule has 2 heterocycles. The van der Waals surface area contributed by atoms with Crippen LogP contribution in [0.5, 0.6) is 11.5 Å². The van der Waals surface area contributed by atoms with Crippen LogP contribution >= 0.6 is 0 Å². The zero-order valence-corrected chi connectivity index (χ0v) is 18.9. The van der Waals surface area contributed by atoms with Gasteiger partial charge in [0.2, 0.25) is 0 Å². The van der Waals surface area contributed by atoms with Crippen LogP contribution in [0.2, 0.25) is 0 Å². The zero-order chi connectivity index (χ0) is 23.0. The number of likely N-dealkylation sites (tertiary alicyclic amines) is 1. The highest BCUT2D eigenvalue weighted by atomic mass is 16.5. The van der Waals surface area contributed by atoms with E-state index in [-0.39, 0.29) is 6.04 Å². The Morgan fingerprint density at radius 2 is 1.88 bits per heavy atom. The van der Waals surface area contributed by atoms with Crippen molar-refractivity contribution in [2.45, 2.75) is 44.9 Å². The van der Waals surface area contributed by atoms with Crippen molar-refractivity contribution in [2.24, 2.45) is 0 Å². The van der Waals surface area contributed by atoms with Gasteiger partial charge in [-0.3, -0.25) is 14.7 Å². The summed E-state index contributed by atoms with van der Waals surface area (Å²) in [5, 5.41) is 9.91. The Hall–Kier alpha value is -3.38. The second-order valence-corrected chi connectivity index (χ2v) is 8.16. The number of aliphatic carboxylic acids is 1. The van der Waals surface area contributed by atoms with Crippen molar-refractivity contribution >= 4 is 5.97 Å². The van der Waals surface area contributed by atoms with E-state index in [2.05, 4.69) is 9.88 Å². The van der Waals surface area contributed by atoms with E-state index in [1.165, 1.54) is 0 Å². The van der Waals surface area contributed by atoms with Gasteiger partial charge in [0.15, 0.2) is 11.5 Å². The van der Waals surface area contributed by atoms with Gasteiger partial charge in [-0.05, 0) is 61.7 Å². The maximum absolute atomic E-state index is 12.1. The highest BCUT2D eigenvalue weighted by Gasteiger charge is 2.36. The topological polar surface area (TPSA) is 71.9 Å². The summed E-state index contributed by atoms with van der Waals surface area (Å²) in [7, 11) is 0. The van der Waals surface area contributed by atoms with Crippen LogP contribution in [0.1, 0.15) is 49.0 Å². The number of carboxylic acid groups (broad SMARTS) is 1. The van der Waals surface area contributed by atoms with Gasteiger partial charge in [-0.2, -0.15) is 0 Å². The van der Waals surface area contributed by atoms with Gasteiger partial charge in [-0.15, -0.1) is 0 Å². The lowest BCUT2D eigenvalue weighted by Gasteiger charge is -2.39. The predicted octanol–water partition coefficient (Wildman–Crippen LogP) is 5.09. The van der Waals surface area contributed by atoms with Gasteiger partial charge in [-0.25, -0.2) is 0 Å². The fourth-order valence-electron chi connectivity index (χ4n) is 4.42. The Balaban J connectivity index is 1.69. The minimum atomic E-state index is -0.788. The van der Waals surface area contributed by atoms with Crippen LogP contribution in [-0.2, 0) is 11.4 Å². The molecule has 2 atom stereocenters. The summed E-state index contributed by atoms with van der Waals surface area (Å²) in [6.45, 7) is 3.58. The number of rotatable bonds is 9. The second kappa shape index (κ2) is 11.0. The average Bonchev–Trinajstić information content (AvgIpc) is 2.85. The molecule has 0 aliphatic carbocycles. The molecule has 1 aromatic heterocycles. The van der Waals surface area contributed by atoms with Crippen LogP contribution in [0.3, 0.4) is 0 Å². The van der Waals surface area contributed by atoms with Gasteiger partial charge in [0.1, 0.15) is 12.6 Å². The van der Waals surface area contributed by atoms with E-state index in [4.69, 9.17) is 9.47 Å². The molecular formula is C27H30N2O4. The van der Waals surface area contributed by atoms with Crippen molar-refractivity contribution in [1.29, 1.82) is 0 Å². The third kappa shape index (κ3) is 5.52. The fraction of sp³-hybridized carbons (Fsp3) is 0.333. The van der Waals surface area contributed by atoms with E-state index in [0.717, 1.165) is 29.7 Å². The van der Waals surface area contributed by atoms with E-state index < -0.39 is 12.0 Å². The Labute approximate surface area is 194 Å². The molecule has 2 aromatic carbocycles. The largest absolute Gasteiger partial charge is 0.490 e. The van der Waals surface area contributed by atoms with E-state index >= 15 is 0 Å². The molecule has 1 saturated heterocycles. The number of aromatic nitrogens is 1. The quantitative estimate of drug-likeness (QED) is 0.494. The Morgan fingerprint density at radius 1 is 1.06 bits per heavy atom. The van der Waals surface area contributed by atoms with Gasteiger partial charge in [-0.1, -0.05) is 48.9 Å². The summed E-state index contributed by atoms with van der Waals surface area (Å²) in [5.41, 5.74) is 2.84. The molecule has 1 aliphatic rings. The van der Waals surface area contributed by atoms with Gasteiger partial charge in [0.25, 0.3) is 0 Å². The monoisotopic (exact) mass is 446 g/mol. The van der Waals surface area contributed by atoms with Crippen LogP contribution in [0.25, 0.3) is 0 Å². The van der Waals surface area contributed by atoms with Crippen molar-refractivity contribution in [3.05, 3.63) is 89.7 Å². The average molecular weight is 447 g/mol. The number of nitrogens with zero attached hydrogens (tertiary/aromatic N) is 2. The van der Waals surface area contributed by atoms with Gasteiger partial charge >= 0.3 is 5.97 Å². The molecule has 4 rings (SSSR count). The van der Waals surface area contributed by atoms with Crippen molar-refractivity contribution < 1.29 is 19.4 Å². The minimum absolute atomic E-state index is 0.282. The predicted molar refractivity (Wildman–Crippen MR) is 126 cm³/mol. The van der Waals surface area contributed by atoms with Crippen LogP contribution in [0, 0.1) is 0 Å². The Kier molecular flexibility index (Phi) is 7.58. The maximum Gasteiger partial charge on any atom is 0.320 e. The van der Waals surface area contributed by atoms with E-state index in [0.29, 0.717) is 37.7 Å². The lowest BCUT2D eigenvalue weighted by atomic mass is 9.94. The van der Waals surface area contributed by atoms with Crippen molar-refractivity contribution in [2.75, 3.05) is 13.2 Å². The summed E-state index contributed by atoms with van der Waals surface area (Å²) in [4.78, 5) is 18.7. The molecule has 172 valence electrons. The third-order valence-corrected chi connectivity index (χ3v) is 5.95. The number of piperidine rings is 1. The van der Waals surface area contributed by atoms with Gasteiger partial charge < -0.3 is 14.6 Å². The van der Waals surface area contributed by atoms with Crippen LogP contribution in [-0.4, -0.2) is 40.2 Å². The highest BCUT2D eigenvalue weighted by molar-refractivity contribution is 5.73. The number of hydrogen-bond acceptors (Lipinski definition) is 5. The molecule has 1 N–H and O–H groups in total. The molecule has 33 heavy (non-hydrogen) atoms. The smallest absolute Gasteiger partial charge is 0.320 e. The highest BCUT2D eigenvalue weighted by Crippen LogP contribution is 2.38. The molecule has 0 saturated carbocycles. The third-order valence-electron chi connectivity index (χ3n) is 5.95. The van der Waals surface area contributed by atoms with Gasteiger partial charge in [0, 0.05) is 6.20 Å². The summed E-state index contributed by atoms with van der Waals surface area (Å²) in [6.07, 6.45) is 4.26. The van der Waals surface area contributed by atoms with E-state index in [1.807, 2.05) is 73.7 Å². The SMILES string of the molecule is CCOc1cc(C(c2ccccn2)N2CCCCC2C(=O)O)ccc1OCc1ccccc1. The fourth-order valence-corrected chi connectivity index (χ4v) is 4.42. The van der Waals surface area contributed by atoms with Gasteiger partial charge in [0.05, 0.1) is 18.3 Å². The number of carbonyl (C=O) groups is 1. The summed E-state index contributed by atoms with van der Waals surface area (Å²) in [5.74, 6) is 0.525. The molecule has 2 unspecified atom stereocenters. The lowest BCUT2D eigenvalue weighted by Crippen LogP contribution is -2.47. The summed E-state index contributed by atoms with van der Waals surface area (Å²) >= 11 is 0. The number of hydrogen-bond donors (Lipinski definition) is 1. The second-order valence-electron chi connectivity index (χ2n) is 8.16. The molecule has 6 heteroatoms. The van der Waals surface area contributed by atoms with E-state index in [1.54, 1.807) is 6.20 Å². The molecular weight excluding hydrogens is 416 g/mol. The normalized spacial score (nSPS) is 17.3. The number of ether oxygens (including phenoxy) is 2. The molecule has 0 bridgehead atoms. The van der Waals surface area contributed by atoms with Crippen LogP contribution in [0.15, 0.2) is 72.9 Å². The standard InChI is InChI=1S/C27H30N2O4/c1-2-32-25-18-21(14-15-24(25)33-19-20-10-4-3-5-11-20)26(22-12-6-8-16-28-22)29-17-9-7-13-23(29)27(30)31/h3-6,8,10-12,14-16,18,23,26H,2,7,9,13,17,19H2,1H3,(H,30,31). The van der Waals surface area contributed by atoms with Crippen LogP contribution < -0.4 is 9.47 Å². The van der Waals surface area contributed by atoms with Crippen molar-refractivity contribution in [3.63, 3.8) is 0 Å².